The van der Waals surface area contributed by atoms with Crippen LogP contribution in [-0.4, -0.2) is 48.0 Å². The fraction of sp³-hybridized carbons (Fsp3) is 0.600. The Kier molecular flexibility index (Phi) is 5.62. The highest BCUT2D eigenvalue weighted by atomic mass is 32.3. The minimum absolute atomic E-state index is 0.0320. The van der Waals surface area contributed by atoms with Crippen molar-refractivity contribution in [1.29, 1.82) is 0 Å². The summed E-state index contributed by atoms with van der Waals surface area (Å²) in [7, 11) is -2.58. The molecule has 2 fully saturated rings. The molecule has 35 heavy (non-hydrogen) atoms. The topological polar surface area (TPSA) is 87.4 Å². The summed E-state index contributed by atoms with van der Waals surface area (Å²) in [5.41, 5.74) is 1.29. The lowest BCUT2D eigenvalue weighted by atomic mass is 9.84. The van der Waals surface area contributed by atoms with Gasteiger partial charge in [-0.2, -0.15) is 28.9 Å². The third-order valence-corrected chi connectivity index (χ3v) is 9.87. The number of nitrogens with zero attached hydrogens (tertiary/aromatic N) is 2. The molecule has 10 heteroatoms. The van der Waals surface area contributed by atoms with Gasteiger partial charge in [0, 0.05) is 35.2 Å². The molecule has 1 aliphatic heterocycles. The Morgan fingerprint density at radius 1 is 1.26 bits per heavy atom. The molecule has 1 atom stereocenters. The molecule has 5 rings (SSSR count). The summed E-state index contributed by atoms with van der Waals surface area (Å²) in [6.07, 6.45) is -2.34. The Labute approximate surface area is 204 Å². The molecule has 1 amide bonds. The van der Waals surface area contributed by atoms with Crippen LogP contribution in [0.3, 0.4) is 0 Å². The maximum atomic E-state index is 13.7. The van der Waals surface area contributed by atoms with Crippen LogP contribution in [0.25, 0.3) is 11.3 Å². The number of fused-ring (bicyclic) bond motifs is 1. The van der Waals surface area contributed by atoms with Crippen LogP contribution < -0.4 is 5.32 Å². The first-order chi connectivity index (χ1) is 16.2. The zero-order chi connectivity index (χ0) is 25.4. The minimum atomic E-state index is -4.27. The van der Waals surface area contributed by atoms with Crippen molar-refractivity contribution in [2.24, 2.45) is 5.92 Å². The third kappa shape index (κ3) is 4.27. The summed E-state index contributed by atoms with van der Waals surface area (Å²) in [6.45, 7) is 5.83. The van der Waals surface area contributed by atoms with Gasteiger partial charge in [0.2, 0.25) is 5.91 Å². The Hall–Kier alpha value is -2.04. The molecule has 2 aliphatic carbocycles. The van der Waals surface area contributed by atoms with Crippen molar-refractivity contribution in [3.8, 4) is 11.3 Å². The van der Waals surface area contributed by atoms with Crippen LogP contribution in [0.1, 0.15) is 62.9 Å². The van der Waals surface area contributed by atoms with Gasteiger partial charge in [-0.15, -0.1) is 0 Å². The first-order valence-electron chi connectivity index (χ1n) is 12.1. The van der Waals surface area contributed by atoms with E-state index in [1.165, 1.54) is 0 Å². The monoisotopic (exact) mass is 511 g/mol. The lowest BCUT2D eigenvalue weighted by molar-refractivity contribution is -0.160. The molecule has 3 aliphatic rings. The smallest absolute Gasteiger partial charge is 0.348 e. The number of hydrogen-bond acceptors (Lipinski definition) is 4. The van der Waals surface area contributed by atoms with E-state index in [-0.39, 0.29) is 42.2 Å². The highest BCUT2D eigenvalue weighted by Gasteiger charge is 2.64. The van der Waals surface area contributed by atoms with Gasteiger partial charge in [-0.05, 0) is 58.1 Å². The standard InChI is InChI=1S/C25H32F3N3O3S/c1-15(2)31-20-12-17(22(32)29-23(3)13-35(33,34)14-23)7-8-19(20)21(30-31)16-5-4-6-18(11-16)24(9-10-24)25(26,27)28/h4-6,11,15,17,33-34H,7-10,12-14H2,1-3H3,(H,29,32). The Balaban J connectivity index is 1.42. The largest absolute Gasteiger partial charge is 0.398 e. The highest BCUT2D eigenvalue weighted by molar-refractivity contribution is 8.25. The SMILES string of the molecule is CC(C)n1nc(-c2cccc(C3(C(F)(F)F)CC3)c2)c2c1CC(C(=O)NC1(C)CS(O)(O)C1)CC2. The number of nitrogens with one attached hydrogen (secondary N) is 1. The van der Waals surface area contributed by atoms with E-state index in [4.69, 9.17) is 5.10 Å². The lowest BCUT2D eigenvalue weighted by Gasteiger charge is -2.54. The van der Waals surface area contributed by atoms with E-state index in [1.54, 1.807) is 18.2 Å². The van der Waals surface area contributed by atoms with E-state index in [0.717, 1.165) is 11.3 Å². The first kappa shape index (κ1) is 24.6. The number of amides is 1. The van der Waals surface area contributed by atoms with Crippen molar-refractivity contribution >= 4 is 16.5 Å². The van der Waals surface area contributed by atoms with Gasteiger partial charge in [0.1, 0.15) is 0 Å². The van der Waals surface area contributed by atoms with Gasteiger partial charge < -0.3 is 5.32 Å². The van der Waals surface area contributed by atoms with E-state index >= 15 is 0 Å². The normalized spacial score (nSPS) is 24.9. The van der Waals surface area contributed by atoms with Crippen LogP contribution in [0.2, 0.25) is 0 Å². The van der Waals surface area contributed by atoms with Gasteiger partial charge in [-0.3, -0.25) is 18.6 Å². The summed E-state index contributed by atoms with van der Waals surface area (Å²) in [4.78, 5) is 13.0. The van der Waals surface area contributed by atoms with Gasteiger partial charge in [0.05, 0.1) is 28.2 Å². The first-order valence-corrected chi connectivity index (χ1v) is 14.0. The molecule has 0 bridgehead atoms. The number of halogens is 3. The zero-order valence-corrected chi connectivity index (χ0v) is 21.0. The van der Waals surface area contributed by atoms with Crippen molar-refractivity contribution in [2.45, 2.75) is 76.0 Å². The van der Waals surface area contributed by atoms with Crippen LogP contribution in [0.15, 0.2) is 24.3 Å². The van der Waals surface area contributed by atoms with Gasteiger partial charge in [-0.1, -0.05) is 18.2 Å². The number of carbonyl (C=O) groups excluding carboxylic acids is 1. The maximum Gasteiger partial charge on any atom is 0.398 e. The van der Waals surface area contributed by atoms with Crippen LogP contribution in [-0.2, 0) is 23.1 Å². The van der Waals surface area contributed by atoms with E-state index in [1.807, 2.05) is 31.5 Å². The summed E-state index contributed by atoms with van der Waals surface area (Å²) in [5.74, 6) is -0.0230. The molecule has 2 aromatic rings. The van der Waals surface area contributed by atoms with Gasteiger partial charge in [-0.25, -0.2) is 0 Å². The summed E-state index contributed by atoms with van der Waals surface area (Å²) < 4.78 is 62.6. The molecule has 1 aromatic heterocycles. The molecule has 192 valence electrons. The predicted molar refractivity (Wildman–Crippen MR) is 130 cm³/mol. The average Bonchev–Trinajstić information content (AvgIpc) is 3.47. The Morgan fingerprint density at radius 2 is 1.94 bits per heavy atom. The number of hydrogen-bond donors (Lipinski definition) is 3. The molecule has 1 aromatic carbocycles. The summed E-state index contributed by atoms with van der Waals surface area (Å²) in [5, 5.41) is 7.83. The molecule has 2 heterocycles. The van der Waals surface area contributed by atoms with Crippen molar-refractivity contribution < 1.29 is 27.1 Å². The van der Waals surface area contributed by atoms with E-state index in [9.17, 15) is 27.1 Å². The van der Waals surface area contributed by atoms with Gasteiger partial charge >= 0.3 is 6.18 Å². The fourth-order valence-corrected chi connectivity index (χ4v) is 7.90. The number of rotatable bonds is 5. The highest BCUT2D eigenvalue weighted by Crippen LogP contribution is 2.59. The molecule has 1 saturated carbocycles. The van der Waals surface area contributed by atoms with Crippen molar-refractivity contribution in [3.05, 3.63) is 41.1 Å². The zero-order valence-electron chi connectivity index (χ0n) is 20.2. The Morgan fingerprint density at radius 3 is 2.51 bits per heavy atom. The molecule has 1 saturated heterocycles. The van der Waals surface area contributed by atoms with E-state index in [2.05, 4.69) is 5.32 Å². The number of aromatic nitrogens is 2. The molecule has 3 N–H and O–H groups in total. The minimum Gasteiger partial charge on any atom is -0.348 e. The second-order valence-corrected chi connectivity index (χ2v) is 13.2. The van der Waals surface area contributed by atoms with E-state index < -0.39 is 27.7 Å². The quantitative estimate of drug-likeness (QED) is 0.497. The average molecular weight is 512 g/mol. The van der Waals surface area contributed by atoms with Gasteiger partial charge in [0.15, 0.2) is 0 Å². The number of carbonyl (C=O) groups is 1. The van der Waals surface area contributed by atoms with Crippen LogP contribution in [0, 0.1) is 5.92 Å². The molecular weight excluding hydrogens is 479 g/mol. The molecule has 0 radical (unpaired) electrons. The fourth-order valence-electron chi connectivity index (χ4n) is 5.79. The van der Waals surface area contributed by atoms with Crippen molar-refractivity contribution in [2.75, 3.05) is 11.5 Å². The van der Waals surface area contributed by atoms with Crippen LogP contribution >= 0.6 is 10.6 Å². The second-order valence-electron chi connectivity index (χ2n) is 11.1. The van der Waals surface area contributed by atoms with Crippen LogP contribution in [0.5, 0.6) is 0 Å². The third-order valence-electron chi connectivity index (χ3n) is 7.67. The van der Waals surface area contributed by atoms with Crippen molar-refractivity contribution in [1.82, 2.24) is 15.1 Å². The molecular formula is C25H32F3N3O3S. The van der Waals surface area contributed by atoms with E-state index in [0.29, 0.717) is 36.1 Å². The number of benzene rings is 1. The number of alkyl halides is 3. The van der Waals surface area contributed by atoms with Gasteiger partial charge in [0.25, 0.3) is 0 Å². The summed E-state index contributed by atoms with van der Waals surface area (Å²) in [6, 6.07) is 6.73. The lowest BCUT2D eigenvalue weighted by Crippen LogP contribution is -2.62. The molecule has 0 spiro atoms. The molecule has 1 unspecified atom stereocenters. The molecule has 6 nitrogen and oxygen atoms in total. The maximum absolute atomic E-state index is 13.7. The predicted octanol–water partition coefficient (Wildman–Crippen LogP) is 5.47. The van der Waals surface area contributed by atoms with Crippen molar-refractivity contribution in [3.63, 3.8) is 0 Å². The second kappa shape index (κ2) is 7.98. The summed E-state index contributed by atoms with van der Waals surface area (Å²) >= 11 is 0. The Bertz CT molecular complexity index is 1160. The van der Waals surface area contributed by atoms with Crippen LogP contribution in [0.4, 0.5) is 13.2 Å².